The average Bonchev–Trinajstić information content (AvgIpc) is 3.19. The van der Waals surface area contributed by atoms with Crippen molar-refractivity contribution in [2.75, 3.05) is 11.4 Å². The molecular formula is C26H30ClN3O3S. The minimum atomic E-state index is -0.964. The van der Waals surface area contributed by atoms with Crippen LogP contribution in [0, 0.1) is 13.8 Å². The molecular weight excluding hydrogens is 470 g/mol. The van der Waals surface area contributed by atoms with Crippen LogP contribution in [0.1, 0.15) is 48.4 Å². The Bertz CT molecular complexity index is 1120. The molecule has 8 heteroatoms. The van der Waals surface area contributed by atoms with Gasteiger partial charge in [-0.1, -0.05) is 53.6 Å². The van der Waals surface area contributed by atoms with E-state index in [1.54, 1.807) is 56.1 Å². The third-order valence-electron chi connectivity index (χ3n) is 4.96. The largest absolute Gasteiger partial charge is 0.444 e. The molecule has 1 aromatic heterocycles. The van der Waals surface area contributed by atoms with E-state index in [1.165, 1.54) is 16.9 Å². The van der Waals surface area contributed by atoms with Crippen molar-refractivity contribution in [2.24, 2.45) is 0 Å². The number of aryl methyl sites for hydroxylation is 2. The van der Waals surface area contributed by atoms with Gasteiger partial charge in [-0.05, 0) is 64.3 Å². The quantitative estimate of drug-likeness (QED) is 0.416. The van der Waals surface area contributed by atoms with Crippen molar-refractivity contribution in [3.63, 3.8) is 0 Å². The Hall–Kier alpha value is -2.90. The minimum Gasteiger partial charge on any atom is -0.444 e. The highest BCUT2D eigenvalue weighted by Crippen LogP contribution is 2.27. The lowest BCUT2D eigenvalue weighted by molar-refractivity contribution is -0.120. The molecule has 3 aromatic rings. The maximum atomic E-state index is 13.9. The third kappa shape index (κ3) is 7.30. The van der Waals surface area contributed by atoms with Gasteiger partial charge in [0.05, 0.1) is 0 Å². The number of carbonyl (C=O) groups is 2. The molecule has 0 aliphatic carbocycles. The van der Waals surface area contributed by atoms with E-state index in [0.717, 1.165) is 10.4 Å². The SMILES string of the molecule is Cc1ccc(CCN(C(=O)[C@H](NC(=O)OC(C)(C)C)c2ccc(Cl)cc2)c2ncc(C)s2)cc1. The number of aromatic nitrogens is 1. The summed E-state index contributed by atoms with van der Waals surface area (Å²) >= 11 is 7.50. The standard InChI is InChI=1S/C26H30ClN3O3S/c1-17-6-8-19(9-7-17)14-15-30(24-28-16-18(2)34-24)23(31)22(20-10-12-21(27)13-11-20)29-25(32)33-26(3,4)5/h6-13,16,22H,14-15H2,1-5H3,(H,29,32)/t22-/m1/s1. The Morgan fingerprint density at radius 3 is 2.29 bits per heavy atom. The monoisotopic (exact) mass is 499 g/mol. The number of amides is 2. The van der Waals surface area contributed by atoms with Crippen LogP contribution >= 0.6 is 22.9 Å². The van der Waals surface area contributed by atoms with Crippen molar-refractivity contribution < 1.29 is 14.3 Å². The molecule has 2 amide bonds. The Morgan fingerprint density at radius 1 is 1.09 bits per heavy atom. The fraction of sp³-hybridized carbons (Fsp3) is 0.346. The number of halogens is 1. The number of anilines is 1. The number of hydrogen-bond acceptors (Lipinski definition) is 5. The van der Waals surface area contributed by atoms with Crippen LogP contribution in [0.3, 0.4) is 0 Å². The molecule has 0 aliphatic rings. The molecule has 0 saturated heterocycles. The van der Waals surface area contributed by atoms with Gasteiger partial charge in [0, 0.05) is 22.6 Å². The Labute approximate surface area is 209 Å². The minimum absolute atomic E-state index is 0.297. The van der Waals surface area contributed by atoms with Crippen LogP contribution in [0.15, 0.2) is 54.7 Å². The van der Waals surface area contributed by atoms with Gasteiger partial charge in [-0.15, -0.1) is 11.3 Å². The van der Waals surface area contributed by atoms with Crippen LogP contribution in [0.25, 0.3) is 0 Å². The molecule has 1 N–H and O–H groups in total. The maximum Gasteiger partial charge on any atom is 0.408 e. The number of hydrogen-bond donors (Lipinski definition) is 1. The van der Waals surface area contributed by atoms with Crippen LogP contribution in [0.5, 0.6) is 0 Å². The number of thiazole rings is 1. The van der Waals surface area contributed by atoms with Crippen molar-refractivity contribution in [3.05, 3.63) is 81.3 Å². The van der Waals surface area contributed by atoms with E-state index >= 15 is 0 Å². The molecule has 0 saturated carbocycles. The molecule has 2 aromatic carbocycles. The summed E-state index contributed by atoms with van der Waals surface area (Å²) in [7, 11) is 0. The fourth-order valence-corrected chi connectivity index (χ4v) is 4.20. The van der Waals surface area contributed by atoms with Crippen LogP contribution in [-0.4, -0.2) is 29.1 Å². The van der Waals surface area contributed by atoms with Crippen LogP contribution < -0.4 is 10.2 Å². The van der Waals surface area contributed by atoms with Crippen LogP contribution in [-0.2, 0) is 16.0 Å². The maximum absolute atomic E-state index is 13.9. The number of nitrogens with one attached hydrogen (secondary N) is 1. The Balaban J connectivity index is 1.92. The predicted molar refractivity (Wildman–Crippen MR) is 138 cm³/mol. The van der Waals surface area contributed by atoms with Crippen molar-refractivity contribution in [3.8, 4) is 0 Å². The first kappa shape index (κ1) is 25.7. The Morgan fingerprint density at radius 2 is 1.74 bits per heavy atom. The third-order valence-corrected chi connectivity index (χ3v) is 6.15. The smallest absolute Gasteiger partial charge is 0.408 e. The van der Waals surface area contributed by atoms with Gasteiger partial charge in [0.2, 0.25) is 0 Å². The molecule has 0 bridgehead atoms. The molecule has 3 rings (SSSR count). The summed E-state index contributed by atoms with van der Waals surface area (Å²) < 4.78 is 5.43. The summed E-state index contributed by atoms with van der Waals surface area (Å²) in [6.45, 7) is 9.72. The first-order chi connectivity index (χ1) is 16.0. The van der Waals surface area contributed by atoms with Gasteiger partial charge in [-0.25, -0.2) is 9.78 Å². The molecule has 0 unspecified atom stereocenters. The normalized spacial score (nSPS) is 12.2. The van der Waals surface area contributed by atoms with Crippen LogP contribution in [0.4, 0.5) is 9.93 Å². The predicted octanol–water partition coefficient (Wildman–Crippen LogP) is 6.26. The lowest BCUT2D eigenvalue weighted by atomic mass is 10.0. The molecule has 34 heavy (non-hydrogen) atoms. The van der Waals surface area contributed by atoms with E-state index < -0.39 is 17.7 Å². The molecule has 0 radical (unpaired) electrons. The highest BCUT2D eigenvalue weighted by atomic mass is 35.5. The number of nitrogens with zero attached hydrogens (tertiary/aromatic N) is 2. The van der Waals surface area contributed by atoms with E-state index in [-0.39, 0.29) is 5.91 Å². The summed E-state index contributed by atoms with van der Waals surface area (Å²) in [6, 6.07) is 14.1. The van der Waals surface area contributed by atoms with Crippen LogP contribution in [0.2, 0.25) is 5.02 Å². The summed E-state index contributed by atoms with van der Waals surface area (Å²) in [4.78, 5) is 33.6. The highest BCUT2D eigenvalue weighted by Gasteiger charge is 2.31. The van der Waals surface area contributed by atoms with E-state index in [2.05, 4.69) is 34.6 Å². The second-order valence-electron chi connectivity index (χ2n) is 9.11. The number of benzene rings is 2. The zero-order chi connectivity index (χ0) is 24.9. The first-order valence-corrected chi connectivity index (χ1v) is 12.3. The van der Waals surface area contributed by atoms with Gasteiger partial charge < -0.3 is 10.1 Å². The van der Waals surface area contributed by atoms with Gasteiger partial charge >= 0.3 is 6.09 Å². The Kier molecular flexibility index (Phi) is 8.33. The molecule has 1 atom stereocenters. The van der Waals surface area contributed by atoms with Crippen molar-refractivity contribution >= 4 is 40.1 Å². The summed E-state index contributed by atoms with van der Waals surface area (Å²) in [5.41, 5.74) is 2.19. The van der Waals surface area contributed by atoms with E-state index in [9.17, 15) is 9.59 Å². The van der Waals surface area contributed by atoms with Gasteiger partial charge in [0.1, 0.15) is 11.6 Å². The summed E-state index contributed by atoms with van der Waals surface area (Å²) in [5.74, 6) is -0.297. The van der Waals surface area contributed by atoms with Gasteiger partial charge in [0.15, 0.2) is 5.13 Å². The lowest BCUT2D eigenvalue weighted by Gasteiger charge is -2.28. The lowest BCUT2D eigenvalue weighted by Crippen LogP contribution is -2.45. The zero-order valence-electron chi connectivity index (χ0n) is 20.1. The van der Waals surface area contributed by atoms with Gasteiger partial charge in [-0.2, -0.15) is 0 Å². The number of alkyl carbamates (subject to hydrolysis) is 1. The number of rotatable bonds is 7. The van der Waals surface area contributed by atoms with Crippen molar-refractivity contribution in [1.82, 2.24) is 10.3 Å². The van der Waals surface area contributed by atoms with Crippen molar-refractivity contribution in [1.29, 1.82) is 0 Å². The molecule has 6 nitrogen and oxygen atoms in total. The fourth-order valence-electron chi connectivity index (χ4n) is 3.29. The summed E-state index contributed by atoms with van der Waals surface area (Å²) in [5, 5.41) is 3.88. The molecule has 0 spiro atoms. The molecule has 180 valence electrons. The summed E-state index contributed by atoms with van der Waals surface area (Å²) in [6.07, 6.45) is 1.71. The molecule has 0 aliphatic heterocycles. The average molecular weight is 500 g/mol. The molecule has 0 fully saturated rings. The highest BCUT2D eigenvalue weighted by molar-refractivity contribution is 7.15. The van der Waals surface area contributed by atoms with Gasteiger partial charge in [0.25, 0.3) is 5.91 Å². The van der Waals surface area contributed by atoms with Crippen molar-refractivity contribution in [2.45, 2.75) is 52.7 Å². The van der Waals surface area contributed by atoms with E-state index in [4.69, 9.17) is 16.3 Å². The topological polar surface area (TPSA) is 71.5 Å². The zero-order valence-corrected chi connectivity index (χ0v) is 21.7. The second kappa shape index (κ2) is 11.0. The van der Waals surface area contributed by atoms with E-state index in [0.29, 0.717) is 28.7 Å². The second-order valence-corrected chi connectivity index (χ2v) is 10.8. The number of ether oxygens (including phenoxy) is 1. The first-order valence-electron chi connectivity index (χ1n) is 11.1. The van der Waals surface area contributed by atoms with Gasteiger partial charge in [-0.3, -0.25) is 9.69 Å². The van der Waals surface area contributed by atoms with E-state index in [1.807, 2.05) is 13.8 Å². The molecule has 1 heterocycles. The number of carbonyl (C=O) groups excluding carboxylic acids is 2.